The third kappa shape index (κ3) is 3.89. The minimum Gasteiger partial charge on any atom is -0.424 e. The monoisotopic (exact) mass is 535 g/mol. The first-order valence-electron chi connectivity index (χ1n) is 13.3. The van der Waals surface area contributed by atoms with Crippen molar-refractivity contribution in [3.05, 3.63) is 70.4 Å². The van der Waals surface area contributed by atoms with E-state index in [1.54, 1.807) is 0 Å². The van der Waals surface area contributed by atoms with Gasteiger partial charge in [-0.15, -0.1) is 0 Å². The lowest BCUT2D eigenvalue weighted by Crippen LogP contribution is -2.37. The van der Waals surface area contributed by atoms with Crippen LogP contribution in [-0.2, 0) is 6.54 Å². The number of anilines is 2. The Bertz CT molecular complexity index is 1980. The van der Waals surface area contributed by atoms with Gasteiger partial charge in [-0.3, -0.25) is 4.79 Å². The fraction of sp³-hybridized carbons (Fsp3) is 0.276. The van der Waals surface area contributed by atoms with Crippen molar-refractivity contribution in [2.75, 3.05) is 31.6 Å². The molecule has 1 saturated heterocycles. The molecule has 1 aliphatic rings. The van der Waals surface area contributed by atoms with Crippen LogP contribution < -0.4 is 17.0 Å². The van der Waals surface area contributed by atoms with Crippen LogP contribution in [0.2, 0.25) is 0 Å². The summed E-state index contributed by atoms with van der Waals surface area (Å²) < 4.78 is 9.24. The molecule has 0 saturated carbocycles. The van der Waals surface area contributed by atoms with Gasteiger partial charge in [-0.25, -0.2) is 14.6 Å². The van der Waals surface area contributed by atoms with Gasteiger partial charge in [0.2, 0.25) is 0 Å². The third-order valence-electron chi connectivity index (χ3n) is 7.97. The van der Waals surface area contributed by atoms with Crippen molar-refractivity contribution in [2.24, 2.45) is 0 Å². The maximum Gasteiger partial charge on any atom is 0.292 e. The van der Waals surface area contributed by atoms with E-state index in [2.05, 4.69) is 33.0 Å². The van der Waals surface area contributed by atoms with Gasteiger partial charge in [0.1, 0.15) is 23.4 Å². The van der Waals surface area contributed by atoms with E-state index in [1.165, 1.54) is 6.33 Å². The van der Waals surface area contributed by atoms with Crippen molar-refractivity contribution in [1.29, 1.82) is 0 Å². The fourth-order valence-corrected chi connectivity index (χ4v) is 5.97. The first-order chi connectivity index (χ1) is 19.4. The molecule has 0 aliphatic carbocycles. The van der Waals surface area contributed by atoms with Gasteiger partial charge in [0, 0.05) is 17.3 Å². The van der Waals surface area contributed by atoms with Gasteiger partial charge in [-0.1, -0.05) is 18.2 Å². The SMILES string of the molecule is Cc1cccc2cc(Cn3nc(-c4ccc5oc(N)nc5c4)c4c(N)ncnc43)n(C3CCN(C)CC3)c(=O)c12. The van der Waals surface area contributed by atoms with Crippen molar-refractivity contribution in [3.63, 3.8) is 0 Å². The standard InChI is InChI=1S/C29H29N9O2/c1-16-4-3-5-17-12-20(38(28(39)23(16)17)19-8-10-36(2)11-9-19)14-37-27-24(26(30)32-15-33-27)25(35-37)18-6-7-22-21(13-18)34-29(31)40-22/h3-7,12-13,15,19H,8-11,14H2,1-2H3,(H2,31,34)(H2,30,32,33). The van der Waals surface area contributed by atoms with E-state index in [0.717, 1.165) is 53.5 Å². The fourth-order valence-electron chi connectivity index (χ4n) is 5.97. The molecule has 6 aromatic rings. The van der Waals surface area contributed by atoms with E-state index < -0.39 is 0 Å². The van der Waals surface area contributed by atoms with E-state index in [0.29, 0.717) is 40.2 Å². The van der Waals surface area contributed by atoms with Crippen LogP contribution in [0.15, 0.2) is 58.0 Å². The second-order valence-corrected chi connectivity index (χ2v) is 10.6. The number of oxazole rings is 1. The second kappa shape index (κ2) is 9.16. The Balaban J connectivity index is 1.41. The lowest BCUT2D eigenvalue weighted by atomic mass is 10.0. The molecule has 0 amide bonds. The smallest absolute Gasteiger partial charge is 0.292 e. The molecule has 5 heterocycles. The Labute approximate surface area is 229 Å². The number of rotatable bonds is 4. The Kier molecular flexibility index (Phi) is 5.56. The van der Waals surface area contributed by atoms with E-state index in [1.807, 2.05) is 52.6 Å². The molecule has 1 fully saturated rings. The molecule has 7 rings (SSSR count). The van der Waals surface area contributed by atoms with Crippen LogP contribution >= 0.6 is 0 Å². The molecule has 0 unspecified atom stereocenters. The Morgan fingerprint density at radius 2 is 1.88 bits per heavy atom. The van der Waals surface area contributed by atoms with E-state index >= 15 is 0 Å². The number of likely N-dealkylation sites (tertiary alicyclic amines) is 1. The Morgan fingerprint density at radius 1 is 1.05 bits per heavy atom. The molecule has 40 heavy (non-hydrogen) atoms. The van der Waals surface area contributed by atoms with Crippen LogP contribution in [0.4, 0.5) is 11.8 Å². The molecule has 0 radical (unpaired) electrons. The summed E-state index contributed by atoms with van der Waals surface area (Å²) in [5.41, 5.74) is 17.2. The number of piperidine rings is 1. The summed E-state index contributed by atoms with van der Waals surface area (Å²) in [5, 5.41) is 7.30. The molecule has 202 valence electrons. The Hall–Kier alpha value is -4.77. The summed E-state index contributed by atoms with van der Waals surface area (Å²) >= 11 is 0. The topological polar surface area (TPSA) is 147 Å². The first kappa shape index (κ1) is 24.3. The number of benzene rings is 2. The van der Waals surface area contributed by atoms with Crippen LogP contribution in [0.5, 0.6) is 0 Å². The van der Waals surface area contributed by atoms with E-state index in [-0.39, 0.29) is 17.6 Å². The van der Waals surface area contributed by atoms with Gasteiger partial charge in [-0.05, 0) is 75.1 Å². The maximum absolute atomic E-state index is 14.1. The van der Waals surface area contributed by atoms with Gasteiger partial charge in [-0.2, -0.15) is 10.1 Å². The number of hydrogen-bond acceptors (Lipinski definition) is 9. The number of aromatic nitrogens is 6. The number of nitrogens with zero attached hydrogens (tertiary/aromatic N) is 7. The quantitative estimate of drug-likeness (QED) is 0.344. The van der Waals surface area contributed by atoms with Crippen LogP contribution in [0.25, 0.3) is 44.2 Å². The zero-order valence-electron chi connectivity index (χ0n) is 22.3. The number of hydrogen-bond donors (Lipinski definition) is 2. The zero-order valence-corrected chi connectivity index (χ0v) is 22.3. The van der Waals surface area contributed by atoms with Crippen molar-refractivity contribution in [1.82, 2.24) is 34.2 Å². The highest BCUT2D eigenvalue weighted by molar-refractivity contribution is 5.99. The lowest BCUT2D eigenvalue weighted by molar-refractivity contribution is 0.216. The average molecular weight is 536 g/mol. The highest BCUT2D eigenvalue weighted by Gasteiger charge is 2.25. The van der Waals surface area contributed by atoms with E-state index in [4.69, 9.17) is 21.0 Å². The minimum absolute atomic E-state index is 0.0417. The molecule has 0 bridgehead atoms. The number of nitrogens with two attached hydrogens (primary N) is 2. The van der Waals surface area contributed by atoms with E-state index in [9.17, 15) is 4.79 Å². The number of nitrogen functional groups attached to an aromatic ring is 2. The summed E-state index contributed by atoms with van der Waals surface area (Å²) in [7, 11) is 2.12. The molecule has 4 N–H and O–H groups in total. The molecule has 11 heteroatoms. The van der Waals surface area contributed by atoms with Crippen LogP contribution in [0, 0.1) is 6.92 Å². The summed E-state index contributed by atoms with van der Waals surface area (Å²) in [6, 6.07) is 13.9. The number of fused-ring (bicyclic) bond motifs is 3. The molecule has 2 aromatic carbocycles. The van der Waals surface area contributed by atoms with Crippen molar-refractivity contribution >= 4 is 44.7 Å². The Morgan fingerprint density at radius 3 is 2.70 bits per heavy atom. The molecule has 0 atom stereocenters. The summed E-state index contributed by atoms with van der Waals surface area (Å²) in [5.74, 6) is 0.327. The molecule has 0 spiro atoms. The number of aryl methyl sites for hydroxylation is 1. The van der Waals surface area contributed by atoms with Gasteiger partial charge in [0.15, 0.2) is 11.2 Å². The van der Waals surface area contributed by atoms with Gasteiger partial charge >= 0.3 is 0 Å². The predicted molar refractivity (Wildman–Crippen MR) is 155 cm³/mol. The molecular formula is C29H29N9O2. The minimum atomic E-state index is 0.0417. The van der Waals surface area contributed by atoms with Gasteiger partial charge < -0.3 is 25.4 Å². The summed E-state index contributed by atoms with van der Waals surface area (Å²) in [4.78, 5) is 29.4. The van der Waals surface area contributed by atoms with Crippen molar-refractivity contribution < 1.29 is 4.42 Å². The first-order valence-corrected chi connectivity index (χ1v) is 13.3. The largest absolute Gasteiger partial charge is 0.424 e. The molecule has 1 aliphatic heterocycles. The molecule has 11 nitrogen and oxygen atoms in total. The summed E-state index contributed by atoms with van der Waals surface area (Å²) in [6.07, 6.45) is 3.25. The van der Waals surface area contributed by atoms with Crippen LogP contribution in [-0.4, -0.2) is 54.3 Å². The van der Waals surface area contributed by atoms with Gasteiger partial charge in [0.05, 0.1) is 17.3 Å². The van der Waals surface area contributed by atoms with Crippen molar-refractivity contribution in [2.45, 2.75) is 32.4 Å². The van der Waals surface area contributed by atoms with Crippen LogP contribution in [0.1, 0.15) is 30.1 Å². The lowest BCUT2D eigenvalue weighted by Gasteiger charge is -2.32. The third-order valence-corrected chi connectivity index (χ3v) is 7.97. The second-order valence-electron chi connectivity index (χ2n) is 10.6. The summed E-state index contributed by atoms with van der Waals surface area (Å²) in [6.45, 7) is 4.22. The van der Waals surface area contributed by atoms with Gasteiger partial charge in [0.25, 0.3) is 11.6 Å². The van der Waals surface area contributed by atoms with Crippen molar-refractivity contribution in [3.8, 4) is 11.3 Å². The molecule has 4 aromatic heterocycles. The zero-order chi connectivity index (χ0) is 27.5. The normalized spacial score (nSPS) is 15.1. The highest BCUT2D eigenvalue weighted by atomic mass is 16.4. The molecular weight excluding hydrogens is 506 g/mol. The number of pyridine rings is 1. The predicted octanol–water partition coefficient (Wildman–Crippen LogP) is 3.74. The highest BCUT2D eigenvalue weighted by Crippen LogP contribution is 2.33. The van der Waals surface area contributed by atoms with Crippen LogP contribution in [0.3, 0.4) is 0 Å². The average Bonchev–Trinajstić information content (AvgIpc) is 3.49. The maximum atomic E-state index is 14.1.